The summed E-state index contributed by atoms with van der Waals surface area (Å²) < 4.78 is 4.72. The zero-order valence-corrected chi connectivity index (χ0v) is 14.7. The van der Waals surface area contributed by atoms with Crippen molar-refractivity contribution in [2.75, 3.05) is 29.7 Å². The van der Waals surface area contributed by atoms with Crippen molar-refractivity contribution in [2.24, 2.45) is 0 Å². The maximum absolute atomic E-state index is 11.6. The van der Waals surface area contributed by atoms with Crippen LogP contribution in [-0.4, -0.2) is 36.3 Å². The molecule has 1 aliphatic carbocycles. The van der Waals surface area contributed by atoms with E-state index in [1.54, 1.807) is 7.05 Å². The third-order valence-electron chi connectivity index (χ3n) is 4.35. The van der Waals surface area contributed by atoms with Crippen molar-refractivity contribution in [1.82, 2.24) is 9.97 Å². The Hall–Kier alpha value is -3.29. The number of amides is 1. The van der Waals surface area contributed by atoms with E-state index in [1.807, 2.05) is 36.5 Å². The second-order valence-electron chi connectivity index (χ2n) is 6.32. The van der Waals surface area contributed by atoms with E-state index in [4.69, 9.17) is 4.74 Å². The van der Waals surface area contributed by atoms with Crippen LogP contribution in [0.25, 0.3) is 11.0 Å². The van der Waals surface area contributed by atoms with Crippen LogP contribution in [0.4, 0.5) is 27.9 Å². The van der Waals surface area contributed by atoms with Gasteiger partial charge in [0.1, 0.15) is 0 Å². The van der Waals surface area contributed by atoms with Crippen molar-refractivity contribution < 1.29 is 14.5 Å². The number of aromatic nitrogens is 3. The van der Waals surface area contributed by atoms with Crippen LogP contribution >= 0.6 is 0 Å². The molecule has 1 fully saturated rings. The van der Waals surface area contributed by atoms with Crippen molar-refractivity contribution >= 4 is 40.3 Å². The average molecular weight is 353 g/mol. The van der Waals surface area contributed by atoms with Gasteiger partial charge in [0, 0.05) is 18.9 Å². The molecule has 2 aromatic heterocycles. The summed E-state index contributed by atoms with van der Waals surface area (Å²) in [6, 6.07) is 10.00. The van der Waals surface area contributed by atoms with Crippen LogP contribution in [0, 0.1) is 0 Å². The summed E-state index contributed by atoms with van der Waals surface area (Å²) in [5.41, 5.74) is 2.42. The van der Waals surface area contributed by atoms with E-state index < -0.39 is 6.09 Å². The maximum Gasteiger partial charge on any atom is 0.413 e. The molecule has 8 heteroatoms. The lowest BCUT2D eigenvalue weighted by molar-refractivity contribution is -0.345. The largest absolute Gasteiger partial charge is 0.452 e. The standard InChI is InChI=1S/C18H20N6O2/c1-24(18(25)26-2)13-7-5-12(6-8-13)21-17-22-15-14(9-10-19-15)16(23-17)20-11-3-4-11/h5-11H,3-4H2,1-2H3,(H3,19,20,21,22,23)/p+1. The lowest BCUT2D eigenvalue weighted by Crippen LogP contribution is -2.25. The number of hydrogen-bond acceptors (Lipinski definition) is 5. The minimum atomic E-state index is -0.409. The molecule has 2 heterocycles. The molecule has 0 aliphatic heterocycles. The molecule has 134 valence electrons. The lowest BCUT2D eigenvalue weighted by Gasteiger charge is -2.15. The zero-order valence-electron chi connectivity index (χ0n) is 14.7. The third kappa shape index (κ3) is 3.26. The Balaban J connectivity index is 1.55. The molecular weight excluding hydrogens is 332 g/mol. The van der Waals surface area contributed by atoms with Gasteiger partial charge in [0.25, 0.3) is 0 Å². The molecule has 0 bridgehead atoms. The number of rotatable bonds is 5. The Morgan fingerprint density at radius 2 is 2.08 bits per heavy atom. The number of nitrogens with one attached hydrogen (secondary N) is 4. The molecule has 0 atom stereocenters. The molecule has 0 saturated heterocycles. The van der Waals surface area contributed by atoms with E-state index >= 15 is 0 Å². The number of methoxy groups -OCH3 is 1. The average Bonchev–Trinajstić information content (AvgIpc) is 3.34. The first-order valence-corrected chi connectivity index (χ1v) is 8.50. The first kappa shape index (κ1) is 16.2. The van der Waals surface area contributed by atoms with Crippen LogP contribution in [0.15, 0.2) is 36.5 Å². The van der Waals surface area contributed by atoms with Crippen LogP contribution in [0.2, 0.25) is 0 Å². The van der Waals surface area contributed by atoms with Crippen LogP contribution in [0.1, 0.15) is 12.8 Å². The Morgan fingerprint density at radius 1 is 1.31 bits per heavy atom. The normalized spacial score (nSPS) is 13.5. The van der Waals surface area contributed by atoms with Crippen molar-refractivity contribution in [3.63, 3.8) is 0 Å². The zero-order chi connectivity index (χ0) is 18.1. The number of fused-ring (bicyclic) bond motifs is 1. The van der Waals surface area contributed by atoms with Crippen LogP contribution < -0.4 is 20.5 Å². The van der Waals surface area contributed by atoms with Crippen LogP contribution in [0.5, 0.6) is 0 Å². The van der Waals surface area contributed by atoms with E-state index in [9.17, 15) is 4.79 Å². The summed E-state index contributed by atoms with van der Waals surface area (Å²) in [4.78, 5) is 24.1. The van der Waals surface area contributed by atoms with Gasteiger partial charge >= 0.3 is 12.0 Å². The van der Waals surface area contributed by atoms with Gasteiger partial charge in [-0.05, 0) is 43.2 Å². The molecule has 1 aromatic carbocycles. The fourth-order valence-electron chi connectivity index (χ4n) is 2.73. The number of ether oxygens (including phenoxy) is 1. The van der Waals surface area contributed by atoms with Crippen molar-refractivity contribution in [3.05, 3.63) is 36.5 Å². The van der Waals surface area contributed by atoms with Gasteiger partial charge in [-0.2, -0.15) is 0 Å². The molecular formula is C18H21N6O2+. The molecule has 4 N–H and O–H groups in total. The predicted octanol–water partition coefficient (Wildman–Crippen LogP) is 2.90. The number of H-pyrrole nitrogens is 2. The minimum absolute atomic E-state index is 0.409. The molecule has 26 heavy (non-hydrogen) atoms. The minimum Gasteiger partial charge on any atom is -0.452 e. The molecule has 0 unspecified atom stereocenters. The quantitative estimate of drug-likeness (QED) is 0.655. The number of anilines is 4. The molecule has 3 aromatic rings. The summed E-state index contributed by atoms with van der Waals surface area (Å²) in [5.74, 6) is 1.60. The molecule has 0 spiro atoms. The van der Waals surface area contributed by atoms with Gasteiger partial charge in [-0.25, -0.2) is 9.78 Å². The second kappa shape index (κ2) is 6.55. The van der Waals surface area contributed by atoms with E-state index in [0.29, 0.717) is 12.0 Å². The molecule has 4 rings (SSSR count). The molecule has 1 aliphatic rings. The fraction of sp³-hybridized carbons (Fsp3) is 0.278. The van der Waals surface area contributed by atoms with Crippen molar-refractivity contribution in [3.8, 4) is 0 Å². The summed E-state index contributed by atoms with van der Waals surface area (Å²) in [6.07, 6.45) is 3.86. The maximum atomic E-state index is 11.6. The molecule has 0 radical (unpaired) electrons. The molecule has 8 nitrogen and oxygen atoms in total. The second-order valence-corrected chi connectivity index (χ2v) is 6.32. The van der Waals surface area contributed by atoms with Gasteiger partial charge in [0.05, 0.1) is 24.2 Å². The van der Waals surface area contributed by atoms with Crippen LogP contribution in [0.3, 0.4) is 0 Å². The SMILES string of the molecule is COC(=O)N(C)c1ccc(Nc2nc3[nH]ccc3c(NC3CC3)[nH+]2)cc1. The molecule has 1 saturated carbocycles. The predicted molar refractivity (Wildman–Crippen MR) is 99.8 cm³/mol. The number of aromatic amines is 2. The van der Waals surface area contributed by atoms with Gasteiger partial charge in [-0.1, -0.05) is 4.98 Å². The van der Waals surface area contributed by atoms with E-state index in [-0.39, 0.29) is 0 Å². The molecule has 1 amide bonds. The Morgan fingerprint density at radius 3 is 2.77 bits per heavy atom. The highest BCUT2D eigenvalue weighted by molar-refractivity contribution is 5.87. The number of carbonyl (C=O) groups excluding carboxylic acids is 1. The first-order valence-electron chi connectivity index (χ1n) is 8.50. The van der Waals surface area contributed by atoms with Gasteiger partial charge in [-0.15, -0.1) is 0 Å². The topological polar surface area (TPSA) is 96.4 Å². The summed E-state index contributed by atoms with van der Waals surface area (Å²) >= 11 is 0. The monoisotopic (exact) mass is 353 g/mol. The Bertz CT molecular complexity index is 933. The number of benzene rings is 1. The first-order chi connectivity index (χ1) is 12.6. The third-order valence-corrected chi connectivity index (χ3v) is 4.35. The van der Waals surface area contributed by atoms with Gasteiger partial charge in [0.2, 0.25) is 11.5 Å². The van der Waals surface area contributed by atoms with E-state index in [0.717, 1.165) is 28.2 Å². The van der Waals surface area contributed by atoms with Gasteiger partial charge < -0.3 is 15.0 Å². The number of carbonyl (C=O) groups is 1. The van der Waals surface area contributed by atoms with Gasteiger partial charge in [-0.3, -0.25) is 10.2 Å². The fourth-order valence-corrected chi connectivity index (χ4v) is 2.73. The summed E-state index contributed by atoms with van der Waals surface area (Å²) in [6.45, 7) is 0. The number of hydrogen-bond donors (Lipinski definition) is 3. The Labute approximate surface area is 150 Å². The van der Waals surface area contributed by atoms with E-state index in [1.165, 1.54) is 24.9 Å². The Kier molecular flexibility index (Phi) is 4.08. The number of nitrogens with zero attached hydrogens (tertiary/aromatic N) is 2. The van der Waals surface area contributed by atoms with Crippen molar-refractivity contribution in [2.45, 2.75) is 18.9 Å². The van der Waals surface area contributed by atoms with Crippen LogP contribution in [-0.2, 0) is 4.74 Å². The van der Waals surface area contributed by atoms with E-state index in [2.05, 4.69) is 25.6 Å². The van der Waals surface area contributed by atoms with Gasteiger partial charge in [0.15, 0.2) is 0 Å². The van der Waals surface area contributed by atoms with Crippen molar-refractivity contribution in [1.29, 1.82) is 0 Å². The summed E-state index contributed by atoms with van der Waals surface area (Å²) in [7, 11) is 3.03. The highest BCUT2D eigenvalue weighted by Crippen LogP contribution is 2.27. The smallest absolute Gasteiger partial charge is 0.413 e. The lowest BCUT2D eigenvalue weighted by atomic mass is 10.2. The highest BCUT2D eigenvalue weighted by Gasteiger charge is 2.26. The summed E-state index contributed by atoms with van der Waals surface area (Å²) in [5, 5.41) is 7.81. The highest BCUT2D eigenvalue weighted by atomic mass is 16.5.